The Morgan fingerprint density at radius 1 is 0.280 bits per heavy atom. The minimum Gasteiger partial charge on any atom is -0.462 e. The molecule has 0 rings (SSSR count). The van der Waals surface area contributed by atoms with Crippen molar-refractivity contribution in [3.05, 3.63) is 97.2 Å². The minimum absolute atomic E-state index is 0.0844. The molecule has 75 heavy (non-hydrogen) atoms. The zero-order chi connectivity index (χ0) is 54.3. The molecule has 1 unspecified atom stereocenters. The number of allylic oxidation sites excluding steroid dienone is 16. The zero-order valence-electron chi connectivity index (χ0n) is 49.3. The molecular formula is C69H118O6. The van der Waals surface area contributed by atoms with E-state index >= 15 is 0 Å². The first kappa shape index (κ1) is 71.3. The van der Waals surface area contributed by atoms with Gasteiger partial charge in [-0.05, 0) is 103 Å². The van der Waals surface area contributed by atoms with E-state index in [1.54, 1.807) is 0 Å². The summed E-state index contributed by atoms with van der Waals surface area (Å²) in [5.41, 5.74) is 0. The van der Waals surface area contributed by atoms with Crippen LogP contribution in [0, 0.1) is 0 Å². The van der Waals surface area contributed by atoms with Crippen LogP contribution in [0.5, 0.6) is 0 Å². The van der Waals surface area contributed by atoms with Crippen LogP contribution < -0.4 is 0 Å². The molecular weight excluding hydrogens is 925 g/mol. The van der Waals surface area contributed by atoms with E-state index in [1.165, 1.54) is 141 Å². The highest BCUT2D eigenvalue weighted by Gasteiger charge is 2.19. The van der Waals surface area contributed by atoms with Crippen molar-refractivity contribution >= 4 is 17.9 Å². The third kappa shape index (κ3) is 61.1. The molecule has 0 aromatic rings. The number of hydrogen-bond donors (Lipinski definition) is 0. The Morgan fingerprint density at radius 2 is 0.520 bits per heavy atom. The largest absolute Gasteiger partial charge is 0.462 e. The summed E-state index contributed by atoms with van der Waals surface area (Å²) in [6, 6.07) is 0. The summed E-state index contributed by atoms with van der Waals surface area (Å²) in [5, 5.41) is 0. The van der Waals surface area contributed by atoms with Crippen molar-refractivity contribution in [2.45, 2.75) is 309 Å². The third-order valence-electron chi connectivity index (χ3n) is 13.6. The summed E-state index contributed by atoms with van der Waals surface area (Å²) in [5.74, 6) is -0.898. The molecule has 0 aromatic heterocycles. The molecule has 1 atom stereocenters. The summed E-state index contributed by atoms with van der Waals surface area (Å²) in [7, 11) is 0. The SMILES string of the molecule is CC/C=C\C/C=C\C/C=C\C/C=C\C/C=C\CCCCCCCCCC(=O)OCC(COC(=O)CCCCCCCCCCCCCCCCC)OC(=O)CCCCCCCC/C=C\C/C=C\C/C=C\CCCCC. The van der Waals surface area contributed by atoms with Crippen LogP contribution in [-0.2, 0) is 28.6 Å². The van der Waals surface area contributed by atoms with Crippen LogP contribution in [0.4, 0.5) is 0 Å². The molecule has 0 heterocycles. The van der Waals surface area contributed by atoms with E-state index in [4.69, 9.17) is 14.2 Å². The Morgan fingerprint density at radius 3 is 0.840 bits per heavy atom. The van der Waals surface area contributed by atoms with Crippen LogP contribution in [-0.4, -0.2) is 37.2 Å². The number of carbonyl (C=O) groups excluding carboxylic acids is 3. The average molecular weight is 1040 g/mol. The molecule has 0 saturated heterocycles. The Hall–Kier alpha value is -3.67. The number of esters is 3. The number of ether oxygens (including phenoxy) is 3. The van der Waals surface area contributed by atoms with Gasteiger partial charge in [-0.25, -0.2) is 0 Å². The van der Waals surface area contributed by atoms with E-state index in [0.717, 1.165) is 122 Å². The van der Waals surface area contributed by atoms with Gasteiger partial charge in [-0.2, -0.15) is 0 Å². The van der Waals surface area contributed by atoms with Crippen LogP contribution in [0.3, 0.4) is 0 Å². The second kappa shape index (κ2) is 62.9. The standard InChI is InChI=1S/C69H118O6/c1-4-7-10-13-16-19-22-25-28-30-32-33-34-35-37-38-41-44-47-50-53-56-59-62-68(71)74-65-66(64-73-67(70)61-58-55-52-49-46-43-40-27-24-21-18-15-12-9-6-3)75-69(72)63-60-57-54-51-48-45-42-39-36-31-29-26-23-20-17-14-11-8-5-2/h7,10,16-17,19-20,25-26,28-29,32-33,35-37,39,66H,4-6,8-9,11-15,18,21-24,27,30-31,34,38,40-65H2,1-3H3/b10-7-,19-16-,20-17-,28-25-,29-26-,33-32-,37-35-,39-36-. The maximum atomic E-state index is 12.9. The zero-order valence-corrected chi connectivity index (χ0v) is 49.3. The van der Waals surface area contributed by atoms with Gasteiger partial charge in [0.25, 0.3) is 0 Å². The quantitative estimate of drug-likeness (QED) is 0.0261. The number of rotatable bonds is 57. The lowest BCUT2D eigenvalue weighted by Crippen LogP contribution is -2.30. The highest BCUT2D eigenvalue weighted by molar-refractivity contribution is 5.71. The lowest BCUT2D eigenvalue weighted by atomic mass is 10.0. The van der Waals surface area contributed by atoms with Gasteiger partial charge in [0.1, 0.15) is 13.2 Å². The van der Waals surface area contributed by atoms with Crippen LogP contribution >= 0.6 is 0 Å². The first-order valence-electron chi connectivity index (χ1n) is 31.7. The fourth-order valence-corrected chi connectivity index (χ4v) is 8.83. The molecule has 0 fully saturated rings. The van der Waals surface area contributed by atoms with Crippen molar-refractivity contribution in [3.8, 4) is 0 Å². The van der Waals surface area contributed by atoms with Crippen molar-refractivity contribution in [1.29, 1.82) is 0 Å². The maximum absolute atomic E-state index is 12.9. The number of hydrogen-bond acceptors (Lipinski definition) is 6. The fourth-order valence-electron chi connectivity index (χ4n) is 8.83. The average Bonchev–Trinajstić information content (AvgIpc) is 3.41. The molecule has 0 aromatic carbocycles. The first-order chi connectivity index (χ1) is 37.0. The smallest absolute Gasteiger partial charge is 0.306 e. The topological polar surface area (TPSA) is 78.9 Å². The van der Waals surface area contributed by atoms with E-state index < -0.39 is 6.10 Å². The molecule has 430 valence electrons. The van der Waals surface area contributed by atoms with E-state index in [0.29, 0.717) is 19.3 Å². The van der Waals surface area contributed by atoms with E-state index in [1.807, 2.05) is 0 Å². The van der Waals surface area contributed by atoms with Crippen LogP contribution in [0.15, 0.2) is 97.2 Å². The summed E-state index contributed by atoms with van der Waals surface area (Å²) >= 11 is 0. The van der Waals surface area contributed by atoms with Gasteiger partial charge in [0.05, 0.1) is 0 Å². The van der Waals surface area contributed by atoms with Crippen molar-refractivity contribution in [3.63, 3.8) is 0 Å². The van der Waals surface area contributed by atoms with Gasteiger partial charge < -0.3 is 14.2 Å². The highest BCUT2D eigenvalue weighted by Crippen LogP contribution is 2.16. The Kier molecular flexibility index (Phi) is 59.8. The molecule has 0 bridgehead atoms. The second-order valence-electron chi connectivity index (χ2n) is 20.9. The molecule has 0 amide bonds. The van der Waals surface area contributed by atoms with Gasteiger partial charge >= 0.3 is 17.9 Å². The van der Waals surface area contributed by atoms with Crippen molar-refractivity contribution in [2.24, 2.45) is 0 Å². The molecule has 0 N–H and O–H groups in total. The molecule has 6 nitrogen and oxygen atoms in total. The minimum atomic E-state index is -0.790. The number of unbranched alkanes of at least 4 members (excludes halogenated alkanes) is 30. The van der Waals surface area contributed by atoms with Gasteiger partial charge in [0.15, 0.2) is 6.10 Å². The molecule has 0 aliphatic carbocycles. The normalized spacial score (nSPS) is 12.7. The van der Waals surface area contributed by atoms with Crippen LogP contribution in [0.1, 0.15) is 303 Å². The summed E-state index contributed by atoms with van der Waals surface area (Å²) < 4.78 is 16.9. The summed E-state index contributed by atoms with van der Waals surface area (Å²) in [6.45, 7) is 6.51. The van der Waals surface area contributed by atoms with Crippen molar-refractivity contribution in [2.75, 3.05) is 13.2 Å². The van der Waals surface area contributed by atoms with Crippen molar-refractivity contribution in [1.82, 2.24) is 0 Å². The van der Waals surface area contributed by atoms with Gasteiger partial charge in [-0.3, -0.25) is 14.4 Å². The van der Waals surface area contributed by atoms with E-state index in [2.05, 4.69) is 118 Å². The summed E-state index contributed by atoms with van der Waals surface area (Å²) in [4.78, 5) is 38.3. The van der Waals surface area contributed by atoms with Crippen molar-refractivity contribution < 1.29 is 28.6 Å². The first-order valence-corrected chi connectivity index (χ1v) is 31.7. The predicted octanol–water partition coefficient (Wildman–Crippen LogP) is 21.7. The molecule has 6 heteroatoms. The lowest BCUT2D eigenvalue weighted by molar-refractivity contribution is -0.167. The predicted molar refractivity (Wildman–Crippen MR) is 325 cm³/mol. The Balaban J connectivity index is 4.41. The Bertz CT molecular complexity index is 1480. The molecule has 0 spiro atoms. The van der Waals surface area contributed by atoms with Crippen LogP contribution in [0.2, 0.25) is 0 Å². The fraction of sp³-hybridized carbons (Fsp3) is 0.725. The van der Waals surface area contributed by atoms with Gasteiger partial charge in [0.2, 0.25) is 0 Å². The molecule has 0 radical (unpaired) electrons. The summed E-state index contributed by atoms with van der Waals surface area (Å²) in [6.07, 6.45) is 84.0. The Labute approximate surface area is 464 Å². The van der Waals surface area contributed by atoms with Crippen LogP contribution in [0.25, 0.3) is 0 Å². The molecule has 0 aliphatic heterocycles. The second-order valence-corrected chi connectivity index (χ2v) is 20.9. The lowest BCUT2D eigenvalue weighted by Gasteiger charge is -2.18. The highest BCUT2D eigenvalue weighted by atomic mass is 16.6. The molecule has 0 saturated carbocycles. The van der Waals surface area contributed by atoms with Gasteiger partial charge in [-0.15, -0.1) is 0 Å². The molecule has 0 aliphatic rings. The maximum Gasteiger partial charge on any atom is 0.306 e. The van der Waals surface area contributed by atoms with E-state index in [-0.39, 0.29) is 31.1 Å². The van der Waals surface area contributed by atoms with Gasteiger partial charge in [0, 0.05) is 19.3 Å². The van der Waals surface area contributed by atoms with Gasteiger partial charge in [-0.1, -0.05) is 279 Å². The monoisotopic (exact) mass is 1040 g/mol. The number of carbonyl (C=O) groups is 3. The third-order valence-corrected chi connectivity index (χ3v) is 13.6. The van der Waals surface area contributed by atoms with E-state index in [9.17, 15) is 14.4 Å².